The van der Waals surface area contributed by atoms with Crippen LogP contribution < -0.4 is 5.19 Å². The Balaban J connectivity index is 0.000000196. The first kappa shape index (κ1) is 42.2. The van der Waals surface area contributed by atoms with Crippen molar-refractivity contribution in [3.8, 4) is 55.9 Å². The van der Waals surface area contributed by atoms with E-state index in [0.29, 0.717) is 0 Å². The van der Waals surface area contributed by atoms with Crippen molar-refractivity contribution in [2.45, 2.75) is 32.5 Å². The molecule has 3 nitrogen and oxygen atoms in total. The first-order valence-electron chi connectivity index (χ1n) is 20.9. The molecule has 10 aromatic rings. The summed E-state index contributed by atoms with van der Waals surface area (Å²) in [5.41, 5.74) is 15.3. The summed E-state index contributed by atoms with van der Waals surface area (Å²) in [6.07, 6.45) is 3.92. The second-order valence-electron chi connectivity index (χ2n) is 16.5. The Kier molecular flexibility index (Phi) is 12.7. The minimum absolute atomic E-state index is 0. The van der Waals surface area contributed by atoms with Crippen LogP contribution in [0.25, 0.3) is 77.8 Å². The Labute approximate surface area is 379 Å². The maximum atomic E-state index is 6.32. The zero-order valence-corrected chi connectivity index (χ0v) is 38.7. The van der Waals surface area contributed by atoms with E-state index in [2.05, 4.69) is 212 Å². The SMILES string of the molecule is CC(c1ccccc1)c1ccnc(-c2[c-]cc3oc4cc(-c5ccccc5-c5ccccc5)ccc4c3c2)c1.C[Si](C)(C)c1ccc(-c2[c-]cc(-c3ccccc3)cc2)nc1.[Ir]. The monoisotopic (exact) mass is 995 g/mol. The van der Waals surface area contributed by atoms with Crippen molar-refractivity contribution >= 4 is 35.2 Å². The van der Waals surface area contributed by atoms with Gasteiger partial charge in [-0.3, -0.25) is 0 Å². The number of rotatable bonds is 8. The van der Waals surface area contributed by atoms with E-state index in [1.165, 1.54) is 44.1 Å². The maximum Gasteiger partial charge on any atom is 0.121 e. The van der Waals surface area contributed by atoms with Crippen LogP contribution in [-0.4, -0.2) is 18.0 Å². The Hall–Kier alpha value is -6.49. The van der Waals surface area contributed by atoms with Crippen molar-refractivity contribution in [3.63, 3.8) is 0 Å². The maximum absolute atomic E-state index is 6.32. The van der Waals surface area contributed by atoms with Crippen LogP contribution in [0.1, 0.15) is 24.0 Å². The summed E-state index contributed by atoms with van der Waals surface area (Å²) in [5.74, 6) is 0.281. The van der Waals surface area contributed by atoms with Gasteiger partial charge >= 0.3 is 0 Å². The topological polar surface area (TPSA) is 38.9 Å². The number of furan rings is 1. The predicted octanol–water partition coefficient (Wildman–Crippen LogP) is 14.7. The zero-order valence-electron chi connectivity index (χ0n) is 35.3. The summed E-state index contributed by atoms with van der Waals surface area (Å²) in [4.78, 5) is 9.31. The molecule has 0 saturated heterocycles. The molecule has 10 rings (SSSR count). The molecule has 0 saturated carbocycles. The van der Waals surface area contributed by atoms with Crippen LogP contribution in [0.5, 0.6) is 0 Å². The fraction of sp³-hybridized carbons (Fsp3) is 0.0877. The third-order valence-corrected chi connectivity index (χ3v) is 13.4. The van der Waals surface area contributed by atoms with Gasteiger partial charge in [0, 0.05) is 43.8 Å². The summed E-state index contributed by atoms with van der Waals surface area (Å²) in [7, 11) is -1.28. The number of benzene rings is 7. The average molecular weight is 995 g/mol. The van der Waals surface area contributed by atoms with E-state index < -0.39 is 8.07 Å². The molecule has 0 spiro atoms. The van der Waals surface area contributed by atoms with Crippen molar-refractivity contribution in [2.75, 3.05) is 0 Å². The molecule has 1 radical (unpaired) electrons. The van der Waals surface area contributed by atoms with Gasteiger partial charge in [0.05, 0.1) is 13.7 Å². The van der Waals surface area contributed by atoms with E-state index in [4.69, 9.17) is 4.42 Å². The number of hydrogen-bond donors (Lipinski definition) is 0. The van der Waals surface area contributed by atoms with Crippen LogP contribution in [-0.2, 0) is 20.1 Å². The third kappa shape index (κ3) is 9.22. The number of fused-ring (bicyclic) bond motifs is 3. The molecule has 5 heteroatoms. The number of pyridine rings is 2. The fourth-order valence-electron chi connectivity index (χ4n) is 7.83. The molecular formula is C57H46IrN2OSi-2. The van der Waals surface area contributed by atoms with Crippen LogP contribution in [0.4, 0.5) is 0 Å². The molecular weight excluding hydrogens is 949 g/mol. The smallest absolute Gasteiger partial charge is 0.121 e. The van der Waals surface area contributed by atoms with Gasteiger partial charge in [0.2, 0.25) is 0 Å². The van der Waals surface area contributed by atoms with Gasteiger partial charge in [-0.05, 0) is 62.1 Å². The molecule has 0 aliphatic rings. The van der Waals surface area contributed by atoms with Crippen LogP contribution >= 0.6 is 0 Å². The Morgan fingerprint density at radius 2 is 1.13 bits per heavy atom. The zero-order chi connectivity index (χ0) is 41.8. The molecule has 1 unspecified atom stereocenters. The summed E-state index contributed by atoms with van der Waals surface area (Å²) >= 11 is 0. The van der Waals surface area contributed by atoms with Crippen LogP contribution in [0, 0.1) is 12.1 Å². The first-order valence-corrected chi connectivity index (χ1v) is 24.4. The second-order valence-corrected chi connectivity index (χ2v) is 21.6. The van der Waals surface area contributed by atoms with Crippen molar-refractivity contribution in [2.24, 2.45) is 0 Å². The Morgan fingerprint density at radius 1 is 0.484 bits per heavy atom. The number of aromatic nitrogens is 2. The van der Waals surface area contributed by atoms with Gasteiger partial charge < -0.3 is 14.4 Å². The van der Waals surface area contributed by atoms with Gasteiger partial charge in [-0.15, -0.1) is 53.6 Å². The first-order chi connectivity index (χ1) is 29.8. The van der Waals surface area contributed by atoms with E-state index in [-0.39, 0.29) is 26.0 Å². The molecule has 305 valence electrons. The minimum Gasteiger partial charge on any atom is -0.500 e. The van der Waals surface area contributed by atoms with Crippen molar-refractivity contribution < 1.29 is 24.5 Å². The largest absolute Gasteiger partial charge is 0.500 e. The van der Waals surface area contributed by atoms with Crippen LogP contribution in [0.2, 0.25) is 19.6 Å². The van der Waals surface area contributed by atoms with E-state index >= 15 is 0 Å². The third-order valence-electron chi connectivity index (χ3n) is 11.4. The molecule has 0 N–H and O–H groups in total. The summed E-state index contributed by atoms with van der Waals surface area (Å²) in [5, 5.41) is 3.55. The Bertz CT molecular complexity index is 3050. The van der Waals surface area contributed by atoms with Gasteiger partial charge in [-0.2, -0.15) is 0 Å². The van der Waals surface area contributed by atoms with Gasteiger partial charge in [0.25, 0.3) is 0 Å². The van der Waals surface area contributed by atoms with Gasteiger partial charge in [-0.1, -0.05) is 189 Å². The fourth-order valence-corrected chi connectivity index (χ4v) is 8.86. The summed E-state index contributed by atoms with van der Waals surface area (Å²) < 4.78 is 6.32. The quantitative estimate of drug-likeness (QED) is 0.112. The molecule has 0 fully saturated rings. The average Bonchev–Trinajstić information content (AvgIpc) is 3.69. The molecule has 0 bridgehead atoms. The van der Waals surface area contributed by atoms with Gasteiger partial charge in [-0.25, -0.2) is 0 Å². The molecule has 1 atom stereocenters. The number of hydrogen-bond acceptors (Lipinski definition) is 3. The van der Waals surface area contributed by atoms with E-state index in [1.807, 2.05) is 36.7 Å². The molecule has 7 aromatic carbocycles. The van der Waals surface area contributed by atoms with Gasteiger partial charge in [0.1, 0.15) is 5.58 Å². The van der Waals surface area contributed by atoms with Gasteiger partial charge in [0.15, 0.2) is 0 Å². The van der Waals surface area contributed by atoms with Crippen molar-refractivity contribution in [1.29, 1.82) is 0 Å². The Morgan fingerprint density at radius 3 is 1.79 bits per heavy atom. The normalized spacial score (nSPS) is 11.7. The predicted molar refractivity (Wildman–Crippen MR) is 258 cm³/mol. The van der Waals surface area contributed by atoms with Crippen molar-refractivity contribution in [1.82, 2.24) is 9.97 Å². The van der Waals surface area contributed by atoms with E-state index in [1.54, 1.807) is 0 Å². The van der Waals surface area contributed by atoms with Crippen LogP contribution in [0.3, 0.4) is 0 Å². The molecule has 0 aliphatic heterocycles. The molecule has 0 amide bonds. The molecule has 62 heavy (non-hydrogen) atoms. The van der Waals surface area contributed by atoms with Crippen molar-refractivity contribution in [3.05, 3.63) is 224 Å². The summed E-state index contributed by atoms with van der Waals surface area (Å²) in [6.45, 7) is 9.25. The minimum atomic E-state index is -1.28. The van der Waals surface area contributed by atoms with E-state index in [9.17, 15) is 0 Å². The number of nitrogens with zero attached hydrogens (tertiary/aromatic N) is 2. The second kappa shape index (κ2) is 18.6. The molecule has 3 aromatic heterocycles. The molecule has 0 aliphatic carbocycles. The molecule has 3 heterocycles. The standard InChI is InChI=1S/C37H26NO.C20H20NSi.Ir/c1-25(26-10-4-2-5-11-26)28-20-21-38-35(23-28)30-17-19-36-34(22-30)33-18-16-29(24-37(33)39-36)32-15-9-8-14-31(32)27-12-6-3-7-13-27;1-22(2,3)19-13-14-20(21-15-19)18-11-9-17(10-12-18)16-7-5-4-6-8-16;/h2-16,18-25H,1H3;4-11,13-15H,1-3H3;/q2*-1;. The van der Waals surface area contributed by atoms with E-state index in [0.717, 1.165) is 50.0 Å². The summed E-state index contributed by atoms with van der Waals surface area (Å²) in [6, 6.07) is 72.2. The van der Waals surface area contributed by atoms with Crippen LogP contribution in [0.15, 0.2) is 205 Å².